The molecule has 1 amide bonds. The first-order valence-electron chi connectivity index (χ1n) is 7.06. The van der Waals surface area contributed by atoms with Gasteiger partial charge in [0.2, 0.25) is 5.91 Å². The van der Waals surface area contributed by atoms with E-state index in [0.717, 1.165) is 5.56 Å². The summed E-state index contributed by atoms with van der Waals surface area (Å²) >= 11 is 7.75. The molecule has 1 aliphatic rings. The number of halogens is 1. The predicted molar refractivity (Wildman–Crippen MR) is 93.7 cm³/mol. The number of benzene rings is 2. The minimum Gasteiger partial charge on any atom is -0.495 e. The Balaban J connectivity index is 2.09. The van der Waals surface area contributed by atoms with Crippen molar-refractivity contribution < 1.29 is 14.3 Å². The summed E-state index contributed by atoms with van der Waals surface area (Å²) < 4.78 is 10.7. The quantitative estimate of drug-likeness (QED) is 0.831. The fraction of sp³-hybridized carbons (Fsp3) is 0.235. The van der Waals surface area contributed by atoms with E-state index < -0.39 is 0 Å². The van der Waals surface area contributed by atoms with E-state index in [1.54, 1.807) is 43.0 Å². The average molecular weight is 350 g/mol. The SMILES string of the molecule is COc1cc(N2C(=O)CS[C@@H]2c2ccccc2)c(OC)cc1Cl. The van der Waals surface area contributed by atoms with Crippen molar-refractivity contribution in [1.29, 1.82) is 0 Å². The third-order valence-electron chi connectivity index (χ3n) is 3.67. The highest BCUT2D eigenvalue weighted by Crippen LogP contribution is 2.47. The fourth-order valence-electron chi connectivity index (χ4n) is 2.58. The highest BCUT2D eigenvalue weighted by atomic mass is 35.5. The van der Waals surface area contributed by atoms with Gasteiger partial charge in [0, 0.05) is 12.1 Å². The van der Waals surface area contributed by atoms with Crippen LogP contribution in [0.15, 0.2) is 42.5 Å². The molecule has 0 aromatic heterocycles. The summed E-state index contributed by atoms with van der Waals surface area (Å²) in [5, 5.41) is 0.354. The van der Waals surface area contributed by atoms with Crippen molar-refractivity contribution in [2.75, 3.05) is 24.9 Å². The summed E-state index contributed by atoms with van der Waals surface area (Å²) in [4.78, 5) is 14.2. The Labute approximate surface area is 144 Å². The van der Waals surface area contributed by atoms with E-state index in [1.807, 2.05) is 30.3 Å². The molecule has 1 heterocycles. The van der Waals surface area contributed by atoms with Gasteiger partial charge in [0.25, 0.3) is 0 Å². The van der Waals surface area contributed by atoms with Crippen LogP contribution in [0.5, 0.6) is 11.5 Å². The Bertz CT molecular complexity index is 723. The molecule has 0 bridgehead atoms. The maximum atomic E-state index is 12.5. The number of ether oxygens (including phenoxy) is 2. The smallest absolute Gasteiger partial charge is 0.238 e. The topological polar surface area (TPSA) is 38.8 Å². The van der Waals surface area contributed by atoms with Crippen molar-refractivity contribution >= 4 is 35.0 Å². The number of amides is 1. The minimum absolute atomic E-state index is 0.0338. The van der Waals surface area contributed by atoms with Gasteiger partial charge in [-0.2, -0.15) is 0 Å². The van der Waals surface area contributed by atoms with Crippen molar-refractivity contribution in [3.05, 3.63) is 53.1 Å². The molecule has 2 aromatic carbocycles. The number of methoxy groups -OCH3 is 2. The van der Waals surface area contributed by atoms with Crippen LogP contribution in [0.2, 0.25) is 5.02 Å². The van der Waals surface area contributed by atoms with Crippen LogP contribution in [-0.2, 0) is 4.79 Å². The zero-order chi connectivity index (χ0) is 16.4. The van der Waals surface area contributed by atoms with Gasteiger partial charge >= 0.3 is 0 Å². The number of thioether (sulfide) groups is 1. The number of carbonyl (C=O) groups is 1. The van der Waals surface area contributed by atoms with E-state index in [-0.39, 0.29) is 11.3 Å². The van der Waals surface area contributed by atoms with Crippen molar-refractivity contribution in [1.82, 2.24) is 0 Å². The monoisotopic (exact) mass is 349 g/mol. The molecular formula is C17H16ClNO3S. The second kappa shape index (κ2) is 6.72. The predicted octanol–water partition coefficient (Wildman–Crippen LogP) is 4.14. The Morgan fingerprint density at radius 3 is 2.48 bits per heavy atom. The molecular weight excluding hydrogens is 334 g/mol. The lowest BCUT2D eigenvalue weighted by Crippen LogP contribution is -2.28. The van der Waals surface area contributed by atoms with Crippen LogP contribution in [0, 0.1) is 0 Å². The highest BCUT2D eigenvalue weighted by Gasteiger charge is 2.36. The van der Waals surface area contributed by atoms with Crippen LogP contribution in [0.25, 0.3) is 0 Å². The highest BCUT2D eigenvalue weighted by molar-refractivity contribution is 8.00. The Morgan fingerprint density at radius 1 is 1.13 bits per heavy atom. The summed E-state index contributed by atoms with van der Waals surface area (Å²) in [5.41, 5.74) is 1.73. The van der Waals surface area contributed by atoms with Gasteiger partial charge in [-0.3, -0.25) is 9.69 Å². The number of nitrogens with zero attached hydrogens (tertiary/aromatic N) is 1. The van der Waals surface area contributed by atoms with Crippen molar-refractivity contribution in [2.45, 2.75) is 5.37 Å². The Morgan fingerprint density at radius 2 is 1.83 bits per heavy atom. The third-order valence-corrected chi connectivity index (χ3v) is 5.17. The van der Waals surface area contributed by atoms with E-state index in [1.165, 1.54) is 0 Å². The van der Waals surface area contributed by atoms with Crippen molar-refractivity contribution in [3.8, 4) is 11.5 Å². The van der Waals surface area contributed by atoms with Crippen LogP contribution < -0.4 is 14.4 Å². The minimum atomic E-state index is -0.0940. The van der Waals surface area contributed by atoms with Gasteiger partial charge in [0.05, 0.1) is 30.7 Å². The fourth-order valence-corrected chi connectivity index (χ4v) is 3.98. The Hall–Kier alpha value is -1.85. The summed E-state index contributed by atoms with van der Waals surface area (Å²) in [6, 6.07) is 13.4. The number of hydrogen-bond acceptors (Lipinski definition) is 4. The molecule has 1 aliphatic heterocycles. The molecule has 2 aromatic rings. The molecule has 23 heavy (non-hydrogen) atoms. The average Bonchev–Trinajstić information content (AvgIpc) is 2.97. The van der Waals surface area contributed by atoms with E-state index >= 15 is 0 Å². The van der Waals surface area contributed by atoms with Gasteiger partial charge in [-0.15, -0.1) is 11.8 Å². The largest absolute Gasteiger partial charge is 0.495 e. The zero-order valence-corrected chi connectivity index (χ0v) is 14.4. The molecule has 0 saturated carbocycles. The van der Waals surface area contributed by atoms with Crippen LogP contribution in [0.4, 0.5) is 5.69 Å². The normalized spacial score (nSPS) is 17.4. The lowest BCUT2D eigenvalue weighted by atomic mass is 10.1. The first kappa shape index (κ1) is 16.0. The number of carbonyl (C=O) groups excluding carboxylic acids is 1. The molecule has 0 radical (unpaired) electrons. The second-order valence-electron chi connectivity index (χ2n) is 5.00. The maximum absolute atomic E-state index is 12.5. The van der Waals surface area contributed by atoms with Crippen LogP contribution in [-0.4, -0.2) is 25.9 Å². The summed E-state index contributed by atoms with van der Waals surface area (Å²) in [6.07, 6.45) is 0. The van der Waals surface area contributed by atoms with Gasteiger partial charge in [-0.1, -0.05) is 41.9 Å². The van der Waals surface area contributed by atoms with Gasteiger partial charge in [-0.25, -0.2) is 0 Å². The molecule has 0 aliphatic carbocycles. The molecule has 4 nitrogen and oxygen atoms in total. The van der Waals surface area contributed by atoms with Gasteiger partial charge < -0.3 is 9.47 Å². The number of rotatable bonds is 4. The zero-order valence-electron chi connectivity index (χ0n) is 12.8. The van der Waals surface area contributed by atoms with Crippen LogP contribution >= 0.6 is 23.4 Å². The molecule has 120 valence electrons. The molecule has 0 N–H and O–H groups in total. The maximum Gasteiger partial charge on any atom is 0.238 e. The van der Waals surface area contributed by atoms with Crippen LogP contribution in [0.3, 0.4) is 0 Å². The van der Waals surface area contributed by atoms with Gasteiger partial charge in [0.1, 0.15) is 16.9 Å². The first-order valence-corrected chi connectivity index (χ1v) is 8.48. The lowest BCUT2D eigenvalue weighted by molar-refractivity contribution is -0.115. The van der Waals surface area contributed by atoms with Crippen molar-refractivity contribution in [2.24, 2.45) is 0 Å². The van der Waals surface area contributed by atoms with Crippen molar-refractivity contribution in [3.63, 3.8) is 0 Å². The van der Waals surface area contributed by atoms with E-state index in [2.05, 4.69) is 0 Å². The number of anilines is 1. The summed E-state index contributed by atoms with van der Waals surface area (Å²) in [5.74, 6) is 1.52. The van der Waals surface area contributed by atoms with Gasteiger partial charge in [-0.05, 0) is 5.56 Å². The standard InChI is InChI=1S/C17H16ClNO3S/c1-21-14-9-13(15(22-2)8-12(14)18)19-16(20)10-23-17(19)11-6-4-3-5-7-11/h3-9,17H,10H2,1-2H3/t17-/m1/s1. The summed E-state index contributed by atoms with van der Waals surface area (Å²) in [7, 11) is 3.11. The molecule has 6 heteroatoms. The van der Waals surface area contributed by atoms with E-state index in [4.69, 9.17) is 21.1 Å². The number of hydrogen-bond donors (Lipinski definition) is 0. The van der Waals surface area contributed by atoms with E-state index in [0.29, 0.717) is 28.0 Å². The third kappa shape index (κ3) is 2.99. The second-order valence-corrected chi connectivity index (χ2v) is 6.47. The van der Waals surface area contributed by atoms with E-state index in [9.17, 15) is 4.79 Å². The molecule has 1 atom stereocenters. The van der Waals surface area contributed by atoms with Crippen LogP contribution in [0.1, 0.15) is 10.9 Å². The first-order chi connectivity index (χ1) is 11.2. The molecule has 1 saturated heterocycles. The molecule has 0 spiro atoms. The lowest BCUT2D eigenvalue weighted by Gasteiger charge is -2.26. The molecule has 3 rings (SSSR count). The van der Waals surface area contributed by atoms with Gasteiger partial charge in [0.15, 0.2) is 0 Å². The Kier molecular flexibility index (Phi) is 4.68. The molecule has 0 unspecified atom stereocenters. The summed E-state index contributed by atoms with van der Waals surface area (Å²) in [6.45, 7) is 0. The molecule has 1 fully saturated rings.